The van der Waals surface area contributed by atoms with Crippen molar-refractivity contribution in [3.63, 3.8) is 0 Å². The van der Waals surface area contributed by atoms with Crippen molar-refractivity contribution in [2.45, 2.75) is 11.0 Å². The molecular weight excluding hydrogens is 307 g/mol. The highest BCUT2D eigenvalue weighted by Crippen LogP contribution is 1.99. The van der Waals surface area contributed by atoms with Gasteiger partial charge in [-0.1, -0.05) is 27.8 Å². The zero-order valence-corrected chi connectivity index (χ0v) is 9.69. The number of halogens is 1. The fraction of sp³-hybridized carbons (Fsp3) is 0.600. The Morgan fingerprint density at radius 2 is 2.31 bits per heavy atom. The summed E-state index contributed by atoms with van der Waals surface area (Å²) in [7, 11) is -3.41. The van der Waals surface area contributed by atoms with Crippen LogP contribution >= 0.6 is 22.6 Å². The van der Waals surface area contributed by atoms with E-state index in [0.29, 0.717) is 0 Å². The molecule has 0 fully saturated rings. The molecule has 0 spiro atoms. The SMILES string of the molecule is NS(=O)(=O)CCn1cc(CI)nn1. The number of rotatable bonds is 4. The molecule has 0 bridgehead atoms. The molecule has 74 valence electrons. The summed E-state index contributed by atoms with van der Waals surface area (Å²) in [6, 6.07) is 0. The van der Waals surface area contributed by atoms with Crippen LogP contribution in [0.3, 0.4) is 0 Å². The van der Waals surface area contributed by atoms with E-state index >= 15 is 0 Å². The van der Waals surface area contributed by atoms with Gasteiger partial charge in [0.2, 0.25) is 10.0 Å². The van der Waals surface area contributed by atoms with E-state index < -0.39 is 10.0 Å². The van der Waals surface area contributed by atoms with Crippen molar-refractivity contribution < 1.29 is 8.42 Å². The Hall–Kier alpha value is -0.220. The summed E-state index contributed by atoms with van der Waals surface area (Å²) in [5, 5.41) is 12.4. The summed E-state index contributed by atoms with van der Waals surface area (Å²) in [4.78, 5) is 0. The van der Waals surface area contributed by atoms with Gasteiger partial charge in [-0.2, -0.15) is 0 Å². The van der Waals surface area contributed by atoms with Crippen LogP contribution in [-0.4, -0.2) is 29.2 Å². The number of nitrogens with zero attached hydrogens (tertiary/aromatic N) is 3. The molecule has 0 aliphatic rings. The van der Waals surface area contributed by atoms with Crippen LogP contribution in [0.4, 0.5) is 0 Å². The van der Waals surface area contributed by atoms with Gasteiger partial charge in [-0.05, 0) is 0 Å². The number of sulfonamides is 1. The number of aryl methyl sites for hydroxylation is 1. The molecule has 0 aliphatic heterocycles. The predicted octanol–water partition coefficient (Wildman–Crippen LogP) is -0.498. The third kappa shape index (κ3) is 4.00. The van der Waals surface area contributed by atoms with Crippen molar-refractivity contribution in [1.29, 1.82) is 0 Å². The van der Waals surface area contributed by atoms with Gasteiger partial charge in [-0.25, -0.2) is 13.6 Å². The first kappa shape index (κ1) is 10.9. The number of hydrogen-bond acceptors (Lipinski definition) is 4. The number of hydrogen-bond donors (Lipinski definition) is 1. The predicted molar refractivity (Wildman–Crippen MR) is 55.7 cm³/mol. The van der Waals surface area contributed by atoms with Crippen LogP contribution in [-0.2, 0) is 21.0 Å². The molecule has 1 heterocycles. The number of aromatic nitrogens is 3. The molecule has 13 heavy (non-hydrogen) atoms. The number of primary sulfonamides is 1. The van der Waals surface area contributed by atoms with Gasteiger partial charge >= 0.3 is 0 Å². The molecule has 1 aromatic heterocycles. The maximum atomic E-state index is 10.6. The molecule has 8 heteroatoms. The average molecular weight is 316 g/mol. The van der Waals surface area contributed by atoms with Crippen molar-refractivity contribution in [2.24, 2.45) is 5.14 Å². The molecule has 2 N–H and O–H groups in total. The second kappa shape index (κ2) is 4.33. The van der Waals surface area contributed by atoms with Gasteiger partial charge in [0.05, 0.1) is 18.0 Å². The van der Waals surface area contributed by atoms with Crippen LogP contribution in [0.15, 0.2) is 6.20 Å². The molecule has 0 amide bonds. The lowest BCUT2D eigenvalue weighted by Gasteiger charge is -1.96. The first-order chi connectivity index (χ1) is 6.01. The lowest BCUT2D eigenvalue weighted by molar-refractivity contribution is 0.576. The van der Waals surface area contributed by atoms with E-state index in [9.17, 15) is 8.42 Å². The first-order valence-corrected chi connectivity index (χ1v) is 6.71. The Kier molecular flexibility index (Phi) is 3.62. The zero-order valence-electron chi connectivity index (χ0n) is 6.72. The molecule has 0 unspecified atom stereocenters. The molecule has 0 saturated carbocycles. The van der Waals surface area contributed by atoms with Crippen LogP contribution in [0.25, 0.3) is 0 Å². The fourth-order valence-electron chi connectivity index (χ4n) is 0.730. The molecule has 0 saturated heterocycles. The van der Waals surface area contributed by atoms with Gasteiger partial charge in [0.25, 0.3) is 0 Å². The third-order valence-corrected chi connectivity index (χ3v) is 2.86. The van der Waals surface area contributed by atoms with Gasteiger partial charge in [-0.15, -0.1) is 5.10 Å². The summed E-state index contributed by atoms with van der Waals surface area (Å²) in [5.41, 5.74) is 0.829. The zero-order chi connectivity index (χ0) is 9.90. The van der Waals surface area contributed by atoms with Gasteiger partial charge in [0.15, 0.2) is 0 Å². The summed E-state index contributed by atoms with van der Waals surface area (Å²) in [6.45, 7) is 0.252. The average Bonchev–Trinajstić information content (AvgIpc) is 2.47. The highest BCUT2D eigenvalue weighted by atomic mass is 127. The van der Waals surface area contributed by atoms with Crippen LogP contribution in [0.5, 0.6) is 0 Å². The quantitative estimate of drug-likeness (QED) is 0.599. The van der Waals surface area contributed by atoms with E-state index in [4.69, 9.17) is 5.14 Å². The van der Waals surface area contributed by atoms with Gasteiger partial charge in [0, 0.05) is 10.6 Å². The normalized spacial score (nSPS) is 11.8. The Labute approximate surface area is 89.7 Å². The second-order valence-corrected chi connectivity index (χ2v) is 4.97. The van der Waals surface area contributed by atoms with Crippen molar-refractivity contribution in [2.75, 3.05) is 5.75 Å². The Morgan fingerprint density at radius 3 is 2.77 bits per heavy atom. The minimum Gasteiger partial charge on any atom is -0.251 e. The molecule has 0 radical (unpaired) electrons. The molecule has 1 rings (SSSR count). The maximum Gasteiger partial charge on any atom is 0.210 e. The highest BCUT2D eigenvalue weighted by Gasteiger charge is 2.04. The van der Waals surface area contributed by atoms with Crippen LogP contribution in [0.2, 0.25) is 0 Å². The summed E-state index contributed by atoms with van der Waals surface area (Å²) in [6.07, 6.45) is 1.71. The Bertz CT molecular complexity index is 374. The monoisotopic (exact) mass is 316 g/mol. The summed E-state index contributed by atoms with van der Waals surface area (Å²) < 4.78 is 23.4. The standard InChI is InChI=1S/C5H9IN4O2S/c6-3-5-4-10(9-8-5)1-2-13(7,11)12/h4H,1-3H2,(H2,7,11,12). The number of alkyl halides is 1. The molecule has 0 atom stereocenters. The highest BCUT2D eigenvalue weighted by molar-refractivity contribution is 14.1. The minimum atomic E-state index is -3.41. The van der Waals surface area contributed by atoms with Gasteiger partial charge in [-0.3, -0.25) is 4.68 Å². The summed E-state index contributed by atoms with van der Waals surface area (Å²) >= 11 is 2.15. The molecule has 0 aromatic carbocycles. The Morgan fingerprint density at radius 1 is 1.62 bits per heavy atom. The van der Waals surface area contributed by atoms with Crippen molar-refractivity contribution in [1.82, 2.24) is 15.0 Å². The van der Waals surface area contributed by atoms with E-state index in [1.165, 1.54) is 4.68 Å². The Balaban J connectivity index is 2.55. The van der Waals surface area contributed by atoms with Crippen LogP contribution in [0, 0.1) is 0 Å². The van der Waals surface area contributed by atoms with Crippen LogP contribution < -0.4 is 5.14 Å². The van der Waals surface area contributed by atoms with Crippen molar-refractivity contribution >= 4 is 32.6 Å². The topological polar surface area (TPSA) is 90.9 Å². The largest absolute Gasteiger partial charge is 0.251 e. The minimum absolute atomic E-state index is 0.114. The molecule has 6 nitrogen and oxygen atoms in total. The van der Waals surface area contributed by atoms with E-state index in [1.807, 2.05) is 0 Å². The molecule has 0 aliphatic carbocycles. The van der Waals surface area contributed by atoms with E-state index in [0.717, 1.165) is 10.1 Å². The molecule has 1 aromatic rings. The van der Waals surface area contributed by atoms with E-state index in [-0.39, 0.29) is 12.3 Å². The molecular formula is C5H9IN4O2S. The van der Waals surface area contributed by atoms with E-state index in [1.54, 1.807) is 6.20 Å². The van der Waals surface area contributed by atoms with Gasteiger partial charge in [0.1, 0.15) is 0 Å². The lowest BCUT2D eigenvalue weighted by atomic mass is 10.6. The van der Waals surface area contributed by atoms with Crippen molar-refractivity contribution in [3.05, 3.63) is 11.9 Å². The van der Waals surface area contributed by atoms with E-state index in [2.05, 4.69) is 32.9 Å². The van der Waals surface area contributed by atoms with Crippen molar-refractivity contribution in [3.8, 4) is 0 Å². The van der Waals surface area contributed by atoms with Crippen LogP contribution in [0.1, 0.15) is 5.69 Å². The lowest BCUT2D eigenvalue weighted by Crippen LogP contribution is -2.20. The summed E-state index contributed by atoms with van der Waals surface area (Å²) in [5.74, 6) is -0.114. The first-order valence-electron chi connectivity index (χ1n) is 3.47. The second-order valence-electron chi connectivity index (χ2n) is 2.47. The number of nitrogens with two attached hydrogens (primary N) is 1. The maximum absolute atomic E-state index is 10.6. The fourth-order valence-corrected chi connectivity index (χ4v) is 1.52. The smallest absolute Gasteiger partial charge is 0.210 e. The van der Waals surface area contributed by atoms with Gasteiger partial charge < -0.3 is 0 Å². The third-order valence-electron chi connectivity index (χ3n) is 1.33.